The molecular weight excluding hydrogens is 827 g/mol. The number of aromatic nitrogens is 3. The van der Waals surface area contributed by atoms with Crippen LogP contribution in [-0.4, -0.2) is 15.0 Å². The van der Waals surface area contributed by atoms with Gasteiger partial charge in [0, 0.05) is 62.8 Å². The van der Waals surface area contributed by atoms with Crippen molar-refractivity contribution in [2.45, 2.75) is 54.6 Å². The van der Waals surface area contributed by atoms with Crippen LogP contribution in [-0.2, 0) is 26.5 Å². The second kappa shape index (κ2) is 15.8. The van der Waals surface area contributed by atoms with Crippen molar-refractivity contribution in [1.29, 1.82) is 0 Å². The minimum absolute atomic E-state index is 0. The monoisotopic (exact) mass is 889 g/mol. The predicted molar refractivity (Wildman–Crippen MR) is 215 cm³/mol. The molecule has 4 heterocycles. The Morgan fingerprint density at radius 1 is 0.755 bits per heavy atom. The molecule has 0 saturated carbocycles. The largest absolute Gasteiger partial charge is 0.486 e. The van der Waals surface area contributed by atoms with Crippen molar-refractivity contribution in [3.05, 3.63) is 162 Å². The van der Waals surface area contributed by atoms with Crippen LogP contribution in [0.1, 0.15) is 74.8 Å². The van der Waals surface area contributed by atoms with Crippen LogP contribution in [0.5, 0.6) is 0 Å². The van der Waals surface area contributed by atoms with Crippen molar-refractivity contribution in [1.82, 2.24) is 15.0 Å². The first-order valence-electron chi connectivity index (χ1n) is 25.7. The number of aryl methyl sites for hydroxylation is 4. The van der Waals surface area contributed by atoms with E-state index in [0.29, 0.717) is 50.0 Å². The molecule has 0 spiro atoms. The maximum atomic E-state index is 8.57. The summed E-state index contributed by atoms with van der Waals surface area (Å²) in [5.41, 5.74) is 2.41. The van der Waals surface area contributed by atoms with E-state index >= 15 is 0 Å². The van der Waals surface area contributed by atoms with Gasteiger partial charge in [-0.05, 0) is 89.2 Å². The van der Waals surface area contributed by atoms with Crippen molar-refractivity contribution >= 4 is 22.1 Å². The number of rotatable bonds is 5. The number of furan rings is 1. The Labute approximate surface area is 353 Å². The van der Waals surface area contributed by atoms with Gasteiger partial charge in [0.05, 0.1) is 12.4 Å². The molecule has 8 aromatic rings. The molecule has 0 aliphatic heterocycles. The van der Waals surface area contributed by atoms with Crippen LogP contribution in [0.15, 0.2) is 126 Å². The first-order valence-corrected chi connectivity index (χ1v) is 16.2. The number of pyridine rings is 3. The van der Waals surface area contributed by atoms with Crippen molar-refractivity contribution in [2.75, 3.05) is 0 Å². The smallest absolute Gasteiger partial charge is 0.216 e. The average Bonchev–Trinajstić information content (AvgIpc) is 3.67. The Kier molecular flexibility index (Phi) is 6.05. The van der Waals surface area contributed by atoms with Crippen molar-refractivity contribution in [2.24, 2.45) is 5.41 Å². The molecule has 4 aromatic carbocycles. The molecule has 5 heteroatoms. The molecule has 0 fully saturated rings. The van der Waals surface area contributed by atoms with Gasteiger partial charge in [0.15, 0.2) is 0 Å². The van der Waals surface area contributed by atoms with Gasteiger partial charge >= 0.3 is 0 Å². The zero-order valence-electron chi connectivity index (χ0n) is 47.7. The molecule has 53 heavy (non-hydrogen) atoms. The molecule has 0 unspecified atom stereocenters. The van der Waals surface area contributed by atoms with Gasteiger partial charge in [-0.15, -0.1) is 47.5 Å². The molecule has 0 aliphatic carbocycles. The molecule has 8 rings (SSSR count). The zero-order valence-corrected chi connectivity index (χ0v) is 31.1. The average molecular weight is 889 g/mol. The van der Waals surface area contributed by atoms with Crippen LogP contribution < -0.4 is 0 Å². The van der Waals surface area contributed by atoms with Gasteiger partial charge in [-0.25, -0.2) is 4.98 Å². The van der Waals surface area contributed by atoms with E-state index in [1.54, 1.807) is 48.5 Å². The summed E-state index contributed by atoms with van der Waals surface area (Å²) in [6.07, 6.45) is 0.902. The van der Waals surface area contributed by atoms with Crippen LogP contribution in [0.3, 0.4) is 0 Å². The Morgan fingerprint density at radius 3 is 2.26 bits per heavy atom. The molecule has 0 saturated heterocycles. The SMILES string of the molecule is [2H]C([2H])([2H])c1ccc2c(n1)oc1c(-c3cc(-c4ccc(C([2H])([2H])C(C)(C)C)cc4)c(C([2H])([2H])[2H])cn3)[c-]ccc12.[2H]c1c([2H])c([2H])c(-c2cc(-c3ccc(C([2H])([2H])[2H])cn3)[c-]cc2C([2H])([2H])[2H])c([2H])c1[2H].[Ir]. The molecule has 0 N–H and O–H groups in total. The minimum Gasteiger partial charge on any atom is -0.486 e. The molecular formula is C48H43IrN3O-2. The maximum Gasteiger partial charge on any atom is 0.216 e. The summed E-state index contributed by atoms with van der Waals surface area (Å²) in [6, 6.07) is 23.5. The van der Waals surface area contributed by atoms with Crippen molar-refractivity contribution in [3.63, 3.8) is 0 Å². The molecule has 4 aromatic heterocycles. The maximum absolute atomic E-state index is 8.57. The van der Waals surface area contributed by atoms with E-state index in [0.717, 1.165) is 0 Å². The topological polar surface area (TPSA) is 51.8 Å². The number of benzene rings is 4. The van der Waals surface area contributed by atoms with Crippen LogP contribution in [0.2, 0.25) is 0 Å². The summed E-state index contributed by atoms with van der Waals surface area (Å²) in [5.74, 6) is 0. The van der Waals surface area contributed by atoms with Gasteiger partial charge in [0.25, 0.3) is 0 Å². The van der Waals surface area contributed by atoms with Gasteiger partial charge in [0.1, 0.15) is 0 Å². The number of nitrogens with zero attached hydrogens (tertiary/aromatic N) is 3. The van der Waals surface area contributed by atoms with Gasteiger partial charge in [-0.3, -0.25) is 0 Å². The Balaban J connectivity index is 0.000000240. The second-order valence-electron chi connectivity index (χ2n) is 12.9. The van der Waals surface area contributed by atoms with Gasteiger partial charge in [-0.1, -0.05) is 117 Å². The molecule has 4 nitrogen and oxygen atoms in total. The summed E-state index contributed by atoms with van der Waals surface area (Å²) >= 11 is 0. The Morgan fingerprint density at radius 2 is 1.55 bits per heavy atom. The number of hydrogen-bond acceptors (Lipinski definition) is 4. The summed E-state index contributed by atoms with van der Waals surface area (Å²) in [5, 5.41) is 1.34. The molecule has 0 atom stereocenters. The van der Waals surface area contributed by atoms with E-state index in [9.17, 15) is 0 Å². The third kappa shape index (κ3) is 8.54. The van der Waals surface area contributed by atoms with Crippen LogP contribution in [0, 0.1) is 45.0 Å². The van der Waals surface area contributed by atoms with E-state index in [1.165, 1.54) is 42.7 Å². The fourth-order valence-corrected chi connectivity index (χ4v) is 5.59. The number of fused-ring (bicyclic) bond motifs is 3. The normalized spacial score (nSPS) is 17.7. The van der Waals surface area contributed by atoms with E-state index in [1.807, 2.05) is 20.8 Å². The third-order valence-corrected chi connectivity index (χ3v) is 7.93. The molecule has 0 bridgehead atoms. The van der Waals surface area contributed by atoms with Crippen molar-refractivity contribution in [3.8, 4) is 44.8 Å². The van der Waals surface area contributed by atoms with Gasteiger partial charge < -0.3 is 14.4 Å². The summed E-state index contributed by atoms with van der Waals surface area (Å²) in [6.45, 7) is -4.30. The Bertz CT molecular complexity index is 3290. The molecule has 267 valence electrons. The predicted octanol–water partition coefficient (Wildman–Crippen LogP) is 12.5. The third-order valence-electron chi connectivity index (χ3n) is 7.93. The van der Waals surface area contributed by atoms with E-state index in [-0.39, 0.29) is 64.9 Å². The summed E-state index contributed by atoms with van der Waals surface area (Å²) in [7, 11) is 0. The summed E-state index contributed by atoms with van der Waals surface area (Å²) < 4.78 is 156. The second-order valence-corrected chi connectivity index (χ2v) is 12.9. The minimum atomic E-state index is -2.63. The quantitative estimate of drug-likeness (QED) is 0.162. The van der Waals surface area contributed by atoms with Crippen LogP contribution in [0.25, 0.3) is 66.8 Å². The van der Waals surface area contributed by atoms with Crippen LogP contribution >= 0.6 is 0 Å². The molecule has 0 amide bonds. The van der Waals surface area contributed by atoms with Crippen molar-refractivity contribution < 1.29 is 50.6 Å². The van der Waals surface area contributed by atoms with Gasteiger partial charge in [0.2, 0.25) is 5.71 Å². The van der Waals surface area contributed by atoms with E-state index in [4.69, 9.17) is 30.5 Å². The first kappa shape index (κ1) is 20.3. The molecule has 0 aliphatic rings. The van der Waals surface area contributed by atoms with E-state index in [2.05, 4.69) is 27.1 Å². The van der Waals surface area contributed by atoms with Crippen LogP contribution in [0.4, 0.5) is 0 Å². The molecule has 1 radical (unpaired) electrons. The fraction of sp³-hybridized carbons (Fsp3) is 0.188. The Hall–Kier alpha value is -5.22. The number of hydrogen-bond donors (Lipinski definition) is 0. The van der Waals surface area contributed by atoms with Gasteiger partial charge in [-0.2, -0.15) is 0 Å². The zero-order chi connectivity index (χ0) is 52.6. The fourth-order valence-electron chi connectivity index (χ4n) is 5.59. The first-order chi connectivity index (χ1) is 32.7. The summed E-state index contributed by atoms with van der Waals surface area (Å²) in [4.78, 5) is 12.8. The standard InChI is InChI=1S/C29H27N2O.C19H16N.Ir/c1-18-17-30-26(15-25(18)21-12-10-20(11-13-21)16-29(3,4)5)24-8-6-7-22-23-14-9-19(2)31-28(23)32-27(22)24;1-14-8-11-19(20-13-14)17-10-9-15(2)18(12-17)16-6-4-3-5-7-16;/h6-7,9-15,17H,16H2,1-5H3;3-9,11-13H,1-2H3;/q2*-1;/i1D3,2D3,16D2;1D3,2D3,3D,4D,5D,6D,7D;. The van der Waals surface area contributed by atoms with E-state index < -0.39 is 69.4 Å².